The third-order valence-corrected chi connectivity index (χ3v) is 2.71. The molecule has 0 aliphatic heterocycles. The first kappa shape index (κ1) is 14.0. The maximum atomic E-state index is 10.9. The van der Waals surface area contributed by atoms with Gasteiger partial charge in [0.1, 0.15) is 0 Å². The fourth-order valence-electron chi connectivity index (χ4n) is 1.42. The first-order chi connectivity index (χ1) is 8.13. The van der Waals surface area contributed by atoms with Crippen molar-refractivity contribution >= 4 is 27.6 Å². The highest BCUT2D eigenvalue weighted by Crippen LogP contribution is 2.19. The number of carboxylic acid groups (broad SMARTS) is 1. The van der Waals surface area contributed by atoms with Crippen LogP contribution >= 0.6 is 15.9 Å². The first-order valence-electron chi connectivity index (χ1n) is 5.40. The van der Waals surface area contributed by atoms with Crippen LogP contribution in [0.5, 0.6) is 0 Å². The molecule has 0 heterocycles. The van der Waals surface area contributed by atoms with Crippen LogP contribution in [0, 0.1) is 0 Å². The molecule has 1 aromatic carbocycles. The lowest BCUT2D eigenvalue weighted by Gasteiger charge is -2.08. The van der Waals surface area contributed by atoms with Gasteiger partial charge in [-0.1, -0.05) is 15.9 Å². The van der Waals surface area contributed by atoms with Crippen molar-refractivity contribution in [3.63, 3.8) is 0 Å². The summed E-state index contributed by atoms with van der Waals surface area (Å²) in [5.74, 6) is -0.922. The molecule has 0 saturated heterocycles. The second-order valence-corrected chi connectivity index (χ2v) is 4.58. The molecule has 0 atom stereocenters. The fraction of sp³-hybridized carbons (Fsp3) is 0.417. The summed E-state index contributed by atoms with van der Waals surface area (Å²) < 4.78 is 5.71. The van der Waals surface area contributed by atoms with Crippen molar-refractivity contribution in [2.75, 3.05) is 25.6 Å². The summed E-state index contributed by atoms with van der Waals surface area (Å²) >= 11 is 3.29. The molecule has 94 valence electrons. The highest BCUT2D eigenvalue weighted by atomic mass is 79.9. The topological polar surface area (TPSA) is 58.6 Å². The average Bonchev–Trinajstić information content (AvgIpc) is 2.28. The monoisotopic (exact) mass is 301 g/mol. The minimum atomic E-state index is -0.922. The SMILES string of the molecule is COCCCCNc1cc(Br)cc(C(=O)O)c1. The average molecular weight is 302 g/mol. The van der Waals surface area contributed by atoms with Crippen LogP contribution in [0.2, 0.25) is 0 Å². The number of hydrogen-bond donors (Lipinski definition) is 2. The number of anilines is 1. The van der Waals surface area contributed by atoms with Crippen molar-refractivity contribution < 1.29 is 14.6 Å². The number of halogens is 1. The zero-order valence-corrected chi connectivity index (χ0v) is 11.3. The third kappa shape index (κ3) is 5.19. The van der Waals surface area contributed by atoms with Gasteiger partial charge in [0.25, 0.3) is 0 Å². The Bertz CT molecular complexity index is 382. The Morgan fingerprint density at radius 1 is 1.41 bits per heavy atom. The lowest BCUT2D eigenvalue weighted by atomic mass is 10.2. The van der Waals surface area contributed by atoms with Crippen molar-refractivity contribution in [2.24, 2.45) is 0 Å². The number of unbranched alkanes of at least 4 members (excludes halogenated alkanes) is 1. The van der Waals surface area contributed by atoms with Gasteiger partial charge in [0.05, 0.1) is 5.56 Å². The zero-order valence-electron chi connectivity index (χ0n) is 9.70. The molecule has 0 aliphatic rings. The van der Waals surface area contributed by atoms with E-state index in [4.69, 9.17) is 9.84 Å². The molecule has 2 N–H and O–H groups in total. The quantitative estimate of drug-likeness (QED) is 0.760. The van der Waals surface area contributed by atoms with E-state index in [0.717, 1.165) is 36.2 Å². The van der Waals surface area contributed by atoms with E-state index in [-0.39, 0.29) is 5.56 Å². The van der Waals surface area contributed by atoms with Gasteiger partial charge in [-0.2, -0.15) is 0 Å². The van der Waals surface area contributed by atoms with E-state index >= 15 is 0 Å². The Morgan fingerprint density at radius 3 is 2.82 bits per heavy atom. The van der Waals surface area contributed by atoms with E-state index in [1.54, 1.807) is 19.2 Å². The van der Waals surface area contributed by atoms with Gasteiger partial charge in [-0.15, -0.1) is 0 Å². The molecule has 0 unspecified atom stereocenters. The van der Waals surface area contributed by atoms with Crippen molar-refractivity contribution in [3.05, 3.63) is 28.2 Å². The van der Waals surface area contributed by atoms with Crippen LogP contribution in [0.1, 0.15) is 23.2 Å². The Kier molecular flexibility index (Phi) is 6.00. The molecular formula is C12H16BrNO3. The molecule has 17 heavy (non-hydrogen) atoms. The van der Waals surface area contributed by atoms with E-state index < -0.39 is 5.97 Å². The summed E-state index contributed by atoms with van der Waals surface area (Å²) in [7, 11) is 1.68. The number of methoxy groups -OCH3 is 1. The summed E-state index contributed by atoms with van der Waals surface area (Å²) in [6, 6.07) is 5.07. The summed E-state index contributed by atoms with van der Waals surface area (Å²) in [5, 5.41) is 12.1. The van der Waals surface area contributed by atoms with Crippen molar-refractivity contribution in [3.8, 4) is 0 Å². The Labute approximate surface area is 109 Å². The van der Waals surface area contributed by atoms with E-state index in [2.05, 4.69) is 21.2 Å². The largest absolute Gasteiger partial charge is 0.478 e. The van der Waals surface area contributed by atoms with Gasteiger partial charge in [-0.05, 0) is 31.0 Å². The number of ether oxygens (including phenoxy) is 1. The number of aromatic carboxylic acids is 1. The van der Waals surface area contributed by atoms with Gasteiger partial charge in [0, 0.05) is 30.4 Å². The van der Waals surface area contributed by atoms with E-state index in [1.807, 2.05) is 6.07 Å². The minimum absolute atomic E-state index is 0.277. The molecule has 0 aliphatic carbocycles. The van der Waals surface area contributed by atoms with Crippen LogP contribution < -0.4 is 5.32 Å². The molecule has 5 heteroatoms. The number of nitrogens with one attached hydrogen (secondary N) is 1. The minimum Gasteiger partial charge on any atom is -0.478 e. The maximum absolute atomic E-state index is 10.9. The van der Waals surface area contributed by atoms with E-state index in [9.17, 15) is 4.79 Å². The van der Waals surface area contributed by atoms with Crippen LogP contribution in [-0.4, -0.2) is 31.3 Å². The maximum Gasteiger partial charge on any atom is 0.335 e. The van der Waals surface area contributed by atoms with Gasteiger partial charge in [0.2, 0.25) is 0 Å². The number of carbonyl (C=O) groups is 1. The summed E-state index contributed by atoms with van der Waals surface area (Å²) in [6.07, 6.45) is 1.98. The molecular weight excluding hydrogens is 286 g/mol. The van der Waals surface area contributed by atoms with Crippen molar-refractivity contribution in [1.29, 1.82) is 0 Å². The van der Waals surface area contributed by atoms with E-state index in [1.165, 1.54) is 0 Å². The highest BCUT2D eigenvalue weighted by Gasteiger charge is 2.05. The van der Waals surface area contributed by atoms with Gasteiger partial charge in [-0.3, -0.25) is 0 Å². The molecule has 0 fully saturated rings. The van der Waals surface area contributed by atoms with Crippen LogP contribution in [0.4, 0.5) is 5.69 Å². The smallest absolute Gasteiger partial charge is 0.335 e. The number of benzene rings is 1. The predicted octanol–water partition coefficient (Wildman–Crippen LogP) is 2.99. The second-order valence-electron chi connectivity index (χ2n) is 3.66. The number of carboxylic acids is 1. The van der Waals surface area contributed by atoms with Crippen LogP contribution in [0.3, 0.4) is 0 Å². The molecule has 0 radical (unpaired) electrons. The molecule has 0 amide bonds. The first-order valence-corrected chi connectivity index (χ1v) is 6.19. The van der Waals surface area contributed by atoms with Crippen LogP contribution in [0.25, 0.3) is 0 Å². The molecule has 0 spiro atoms. The molecule has 1 rings (SSSR count). The molecule has 0 aromatic heterocycles. The normalized spacial score (nSPS) is 10.2. The summed E-state index contributed by atoms with van der Waals surface area (Å²) in [6.45, 7) is 1.55. The number of hydrogen-bond acceptors (Lipinski definition) is 3. The molecule has 1 aromatic rings. The lowest BCUT2D eigenvalue weighted by molar-refractivity contribution is 0.0697. The van der Waals surface area contributed by atoms with Crippen molar-refractivity contribution in [2.45, 2.75) is 12.8 Å². The number of rotatable bonds is 7. The Balaban J connectivity index is 2.50. The van der Waals surface area contributed by atoms with Gasteiger partial charge >= 0.3 is 5.97 Å². The standard InChI is InChI=1S/C12H16BrNO3/c1-17-5-3-2-4-14-11-7-9(12(15)16)6-10(13)8-11/h6-8,14H,2-5H2,1H3,(H,15,16). The predicted molar refractivity (Wildman–Crippen MR) is 70.7 cm³/mol. The second kappa shape index (κ2) is 7.29. The van der Waals surface area contributed by atoms with Crippen LogP contribution in [-0.2, 0) is 4.74 Å². The Morgan fingerprint density at radius 2 is 2.18 bits per heavy atom. The van der Waals surface area contributed by atoms with Gasteiger partial charge in [0.15, 0.2) is 0 Å². The Hall–Kier alpha value is -1.07. The zero-order chi connectivity index (χ0) is 12.7. The third-order valence-electron chi connectivity index (χ3n) is 2.25. The fourth-order valence-corrected chi connectivity index (χ4v) is 1.91. The molecule has 4 nitrogen and oxygen atoms in total. The lowest BCUT2D eigenvalue weighted by Crippen LogP contribution is -2.04. The molecule has 0 bridgehead atoms. The van der Waals surface area contributed by atoms with Gasteiger partial charge < -0.3 is 15.2 Å². The highest BCUT2D eigenvalue weighted by molar-refractivity contribution is 9.10. The summed E-state index contributed by atoms with van der Waals surface area (Å²) in [4.78, 5) is 10.9. The molecule has 0 saturated carbocycles. The van der Waals surface area contributed by atoms with Crippen molar-refractivity contribution in [1.82, 2.24) is 0 Å². The van der Waals surface area contributed by atoms with Crippen LogP contribution in [0.15, 0.2) is 22.7 Å². The van der Waals surface area contributed by atoms with Gasteiger partial charge in [-0.25, -0.2) is 4.79 Å². The summed E-state index contributed by atoms with van der Waals surface area (Å²) in [5.41, 5.74) is 1.09. The van der Waals surface area contributed by atoms with E-state index in [0.29, 0.717) is 0 Å².